The highest BCUT2D eigenvalue weighted by Crippen LogP contribution is 2.17. The van der Waals surface area contributed by atoms with Crippen LogP contribution in [0.5, 0.6) is 11.5 Å². The summed E-state index contributed by atoms with van der Waals surface area (Å²) < 4.78 is 11.7. The van der Waals surface area contributed by atoms with Crippen LogP contribution in [-0.4, -0.2) is 36.3 Å². The lowest BCUT2D eigenvalue weighted by molar-refractivity contribution is -0.121. The number of amides is 1. The zero-order chi connectivity index (χ0) is 18.2. The number of aromatic nitrogens is 1. The van der Waals surface area contributed by atoms with Crippen LogP contribution in [0.3, 0.4) is 0 Å². The molecule has 2 aromatic rings. The molecule has 0 fully saturated rings. The van der Waals surface area contributed by atoms with E-state index in [1.165, 1.54) is 23.9 Å². The van der Waals surface area contributed by atoms with E-state index in [1.807, 2.05) is 24.3 Å². The summed E-state index contributed by atoms with van der Waals surface area (Å²) in [5, 5.41) is 12.2. The molecule has 25 heavy (non-hydrogen) atoms. The van der Waals surface area contributed by atoms with Gasteiger partial charge in [-0.15, -0.1) is 0 Å². The Bertz CT molecular complexity index is 785. The third kappa shape index (κ3) is 4.84. The van der Waals surface area contributed by atoms with E-state index in [9.17, 15) is 14.7 Å². The number of pyridine rings is 1. The minimum absolute atomic E-state index is 0.0154. The first-order valence-corrected chi connectivity index (χ1v) is 7.85. The average molecular weight is 346 g/mol. The van der Waals surface area contributed by atoms with Gasteiger partial charge in [-0.1, -0.05) is 18.2 Å². The Morgan fingerprint density at radius 2 is 1.92 bits per heavy atom. The van der Waals surface area contributed by atoms with Crippen LogP contribution in [0.2, 0.25) is 0 Å². The Morgan fingerprint density at radius 3 is 2.60 bits per heavy atom. The number of rotatable bonds is 8. The fourth-order valence-electron chi connectivity index (χ4n) is 2.49. The Morgan fingerprint density at radius 1 is 1.20 bits per heavy atom. The molecule has 0 unspecified atom stereocenters. The minimum Gasteiger partial charge on any atom is -0.496 e. The fourth-order valence-corrected chi connectivity index (χ4v) is 2.49. The molecule has 2 N–H and O–H groups in total. The van der Waals surface area contributed by atoms with Gasteiger partial charge in [0.25, 0.3) is 0 Å². The van der Waals surface area contributed by atoms with E-state index in [0.717, 1.165) is 11.3 Å². The number of benzene rings is 1. The highest BCUT2D eigenvalue weighted by molar-refractivity contribution is 5.75. The Balaban J connectivity index is 1.97. The van der Waals surface area contributed by atoms with Crippen molar-refractivity contribution in [3.8, 4) is 11.5 Å². The number of carbonyl (C=O) groups excluding carboxylic acids is 1. The number of nitrogens with one attached hydrogen (secondary N) is 1. The molecule has 0 saturated carbocycles. The second-order valence-corrected chi connectivity index (χ2v) is 5.40. The van der Waals surface area contributed by atoms with Crippen LogP contribution in [0.15, 0.2) is 41.3 Å². The molecule has 134 valence electrons. The summed E-state index contributed by atoms with van der Waals surface area (Å²) >= 11 is 0. The van der Waals surface area contributed by atoms with Crippen molar-refractivity contribution in [2.24, 2.45) is 0 Å². The SMILES string of the molecule is COc1ccccc1CCNC(=O)Cn1cc(OC)c(=O)cc1CO. The van der Waals surface area contributed by atoms with Gasteiger partial charge < -0.3 is 24.5 Å². The number of ether oxygens (including phenoxy) is 2. The van der Waals surface area contributed by atoms with E-state index in [1.54, 1.807) is 7.11 Å². The highest BCUT2D eigenvalue weighted by Gasteiger charge is 2.10. The second kappa shape index (κ2) is 8.89. The fraction of sp³-hybridized carbons (Fsp3) is 0.333. The maximum atomic E-state index is 12.1. The molecule has 1 heterocycles. The molecule has 0 aliphatic heterocycles. The van der Waals surface area contributed by atoms with Crippen LogP contribution in [0.1, 0.15) is 11.3 Å². The van der Waals surface area contributed by atoms with E-state index in [-0.39, 0.29) is 30.2 Å². The molecule has 2 rings (SSSR count). The van der Waals surface area contributed by atoms with Crippen molar-refractivity contribution in [3.05, 3.63) is 58.0 Å². The number of aliphatic hydroxyl groups excluding tert-OH is 1. The number of carbonyl (C=O) groups is 1. The normalized spacial score (nSPS) is 10.4. The molecule has 0 spiro atoms. The largest absolute Gasteiger partial charge is 0.496 e. The van der Waals surface area contributed by atoms with Crippen LogP contribution < -0.4 is 20.2 Å². The summed E-state index contributed by atoms with van der Waals surface area (Å²) in [6.07, 6.45) is 2.06. The van der Waals surface area contributed by atoms with Gasteiger partial charge in [-0.2, -0.15) is 0 Å². The molecule has 7 nitrogen and oxygen atoms in total. The van der Waals surface area contributed by atoms with E-state index >= 15 is 0 Å². The molecular formula is C18H22N2O5. The first-order valence-electron chi connectivity index (χ1n) is 7.85. The topological polar surface area (TPSA) is 89.8 Å². The lowest BCUT2D eigenvalue weighted by Crippen LogP contribution is -2.30. The van der Waals surface area contributed by atoms with Crippen molar-refractivity contribution >= 4 is 5.91 Å². The van der Waals surface area contributed by atoms with Gasteiger partial charge in [0.1, 0.15) is 12.3 Å². The lowest BCUT2D eigenvalue weighted by atomic mass is 10.1. The Kier molecular flexibility index (Phi) is 6.59. The molecule has 7 heteroatoms. The van der Waals surface area contributed by atoms with Gasteiger partial charge in [-0.25, -0.2) is 0 Å². The number of nitrogens with zero attached hydrogens (tertiary/aromatic N) is 1. The monoisotopic (exact) mass is 346 g/mol. The summed E-state index contributed by atoms with van der Waals surface area (Å²) in [6.45, 7) is 0.0944. The van der Waals surface area contributed by atoms with Crippen molar-refractivity contribution in [3.63, 3.8) is 0 Å². The number of hydrogen-bond acceptors (Lipinski definition) is 5. The maximum Gasteiger partial charge on any atom is 0.239 e. The van der Waals surface area contributed by atoms with Crippen molar-refractivity contribution in [2.45, 2.75) is 19.6 Å². The molecule has 1 aromatic carbocycles. The Labute approximate surface area is 145 Å². The van der Waals surface area contributed by atoms with Crippen LogP contribution >= 0.6 is 0 Å². The predicted octanol–water partition coefficient (Wildman–Crippen LogP) is 0.717. The average Bonchev–Trinajstić information content (AvgIpc) is 2.63. The van der Waals surface area contributed by atoms with E-state index in [2.05, 4.69) is 5.32 Å². The first kappa shape index (κ1) is 18.5. The molecule has 0 aliphatic carbocycles. The third-order valence-corrected chi connectivity index (χ3v) is 3.79. The van der Waals surface area contributed by atoms with Crippen molar-refractivity contribution in [1.82, 2.24) is 9.88 Å². The number of methoxy groups -OCH3 is 2. The minimum atomic E-state index is -0.340. The van der Waals surface area contributed by atoms with Gasteiger partial charge in [0, 0.05) is 18.3 Å². The summed E-state index contributed by atoms with van der Waals surface area (Å²) in [6, 6.07) is 8.89. The van der Waals surface area contributed by atoms with Crippen LogP contribution in [0.25, 0.3) is 0 Å². The predicted molar refractivity (Wildman–Crippen MR) is 92.9 cm³/mol. The van der Waals surface area contributed by atoms with E-state index in [0.29, 0.717) is 18.7 Å². The molecule has 0 aliphatic rings. The van der Waals surface area contributed by atoms with Crippen molar-refractivity contribution < 1.29 is 19.4 Å². The highest BCUT2D eigenvalue weighted by atomic mass is 16.5. The summed E-state index contributed by atoms with van der Waals surface area (Å²) in [4.78, 5) is 23.8. The quantitative estimate of drug-likeness (QED) is 0.735. The smallest absolute Gasteiger partial charge is 0.239 e. The first-order chi connectivity index (χ1) is 12.1. The van der Waals surface area contributed by atoms with Gasteiger partial charge >= 0.3 is 0 Å². The summed E-state index contributed by atoms with van der Waals surface area (Å²) in [5.41, 5.74) is 1.02. The number of para-hydroxylation sites is 1. The molecule has 0 bridgehead atoms. The Hall–Kier alpha value is -2.80. The van der Waals surface area contributed by atoms with Crippen molar-refractivity contribution in [2.75, 3.05) is 20.8 Å². The maximum absolute atomic E-state index is 12.1. The van der Waals surface area contributed by atoms with Gasteiger partial charge in [-0.05, 0) is 18.1 Å². The number of hydrogen-bond donors (Lipinski definition) is 2. The van der Waals surface area contributed by atoms with E-state index in [4.69, 9.17) is 9.47 Å². The van der Waals surface area contributed by atoms with Gasteiger partial charge in [0.05, 0.1) is 27.0 Å². The van der Waals surface area contributed by atoms with Gasteiger partial charge in [0.2, 0.25) is 11.3 Å². The zero-order valence-electron chi connectivity index (χ0n) is 14.3. The third-order valence-electron chi connectivity index (χ3n) is 3.79. The zero-order valence-corrected chi connectivity index (χ0v) is 14.3. The molecule has 0 atom stereocenters. The van der Waals surface area contributed by atoms with Crippen LogP contribution in [0.4, 0.5) is 0 Å². The van der Waals surface area contributed by atoms with Gasteiger partial charge in [-0.3, -0.25) is 9.59 Å². The van der Waals surface area contributed by atoms with Gasteiger partial charge in [0.15, 0.2) is 5.75 Å². The number of aliphatic hydroxyl groups is 1. The molecule has 1 aromatic heterocycles. The molecule has 1 amide bonds. The molecule has 0 saturated heterocycles. The standard InChI is InChI=1S/C18H22N2O5/c1-24-16-6-4-3-5-13(16)7-8-19-18(23)11-20-10-17(25-2)15(22)9-14(20)12-21/h3-6,9-10,21H,7-8,11-12H2,1-2H3,(H,19,23). The summed E-state index contributed by atoms with van der Waals surface area (Å²) in [5.74, 6) is 0.679. The van der Waals surface area contributed by atoms with Crippen molar-refractivity contribution in [1.29, 1.82) is 0 Å². The molecular weight excluding hydrogens is 324 g/mol. The summed E-state index contributed by atoms with van der Waals surface area (Å²) in [7, 11) is 2.99. The molecule has 0 radical (unpaired) electrons. The van der Waals surface area contributed by atoms with E-state index < -0.39 is 0 Å². The van der Waals surface area contributed by atoms with Crippen LogP contribution in [-0.2, 0) is 24.4 Å². The van der Waals surface area contributed by atoms with Crippen LogP contribution in [0, 0.1) is 0 Å². The second-order valence-electron chi connectivity index (χ2n) is 5.40. The lowest BCUT2D eigenvalue weighted by Gasteiger charge is -2.14.